The Kier molecular flexibility index (Phi) is 12.7. The van der Waals surface area contributed by atoms with Crippen LogP contribution in [0, 0.1) is 0 Å². The molecule has 1 aliphatic rings. The van der Waals surface area contributed by atoms with Gasteiger partial charge in [0.15, 0.2) is 0 Å². The first kappa shape index (κ1) is 24.0. The van der Waals surface area contributed by atoms with Gasteiger partial charge in [0.1, 0.15) is 0 Å². The Morgan fingerprint density at radius 1 is 0.800 bits per heavy atom. The quantitative estimate of drug-likeness (QED) is 0.778. The fourth-order valence-corrected chi connectivity index (χ4v) is 2.94. The molecular formula is C19H28Cl3N3. The van der Waals surface area contributed by atoms with Crippen molar-refractivity contribution in [3.8, 4) is 0 Å². The summed E-state index contributed by atoms with van der Waals surface area (Å²) in [6.07, 6.45) is 1.17. The van der Waals surface area contributed by atoms with Gasteiger partial charge in [0.2, 0.25) is 0 Å². The van der Waals surface area contributed by atoms with Crippen LogP contribution in [-0.4, -0.2) is 31.1 Å². The third-order valence-electron chi connectivity index (χ3n) is 4.15. The van der Waals surface area contributed by atoms with Gasteiger partial charge >= 0.3 is 0 Å². The predicted molar refractivity (Wildman–Crippen MR) is 115 cm³/mol. The lowest BCUT2D eigenvalue weighted by Gasteiger charge is -2.22. The van der Waals surface area contributed by atoms with Crippen LogP contribution in [0.25, 0.3) is 0 Å². The van der Waals surface area contributed by atoms with Crippen LogP contribution in [-0.2, 0) is 13.1 Å². The number of benzene rings is 2. The number of fused-ring (bicyclic) bond motifs is 1. The third kappa shape index (κ3) is 7.85. The molecule has 2 N–H and O–H groups in total. The van der Waals surface area contributed by atoms with Gasteiger partial charge in [0, 0.05) is 45.0 Å². The number of anilines is 1. The number of nitrogens with zero attached hydrogens (tertiary/aromatic N) is 1. The molecule has 0 amide bonds. The first-order valence-corrected chi connectivity index (χ1v) is 8.20. The second-order valence-corrected chi connectivity index (χ2v) is 5.88. The number of nitrogens with one attached hydrogen (secondary N) is 2. The van der Waals surface area contributed by atoms with Gasteiger partial charge in [-0.25, -0.2) is 0 Å². The van der Waals surface area contributed by atoms with Gasteiger partial charge in [-0.3, -0.25) is 4.90 Å². The molecule has 0 aromatic heterocycles. The fraction of sp³-hybridized carbons (Fsp3) is 0.368. The van der Waals surface area contributed by atoms with Crippen LogP contribution in [0.4, 0.5) is 5.69 Å². The summed E-state index contributed by atoms with van der Waals surface area (Å²) in [6.45, 7) is 6.25. The number of hydrogen-bond acceptors (Lipinski definition) is 3. The molecule has 0 bridgehead atoms. The SMILES string of the molecule is Cl.Cl.Cl.c1ccc(CN2CCCNc3ccccc3CNCC2)cc1. The molecule has 140 valence electrons. The Balaban J connectivity index is 0.00000192. The molecule has 3 rings (SSSR count). The molecule has 1 aliphatic heterocycles. The van der Waals surface area contributed by atoms with Crippen LogP contribution in [0.2, 0.25) is 0 Å². The maximum absolute atomic E-state index is 3.58. The first-order chi connectivity index (χ1) is 10.9. The molecule has 2 aromatic carbocycles. The van der Waals surface area contributed by atoms with Gasteiger partial charge in [-0.05, 0) is 23.6 Å². The normalized spacial score (nSPS) is 15.0. The van der Waals surface area contributed by atoms with Gasteiger partial charge in [-0.15, -0.1) is 37.2 Å². The first-order valence-electron chi connectivity index (χ1n) is 8.20. The second kappa shape index (κ2) is 13.3. The second-order valence-electron chi connectivity index (χ2n) is 5.88. The van der Waals surface area contributed by atoms with Gasteiger partial charge in [-0.2, -0.15) is 0 Å². The number of para-hydroxylation sites is 1. The van der Waals surface area contributed by atoms with Gasteiger partial charge < -0.3 is 10.6 Å². The highest BCUT2D eigenvalue weighted by Crippen LogP contribution is 2.15. The van der Waals surface area contributed by atoms with E-state index in [0.29, 0.717) is 0 Å². The molecule has 3 nitrogen and oxygen atoms in total. The Morgan fingerprint density at radius 2 is 1.52 bits per heavy atom. The van der Waals surface area contributed by atoms with Crippen molar-refractivity contribution in [3.63, 3.8) is 0 Å². The Morgan fingerprint density at radius 3 is 2.32 bits per heavy atom. The monoisotopic (exact) mass is 403 g/mol. The minimum Gasteiger partial charge on any atom is -0.385 e. The zero-order valence-corrected chi connectivity index (χ0v) is 16.8. The molecule has 0 radical (unpaired) electrons. The summed E-state index contributed by atoms with van der Waals surface area (Å²) < 4.78 is 0. The van der Waals surface area contributed by atoms with Crippen molar-refractivity contribution < 1.29 is 0 Å². The Labute approximate surface area is 169 Å². The van der Waals surface area contributed by atoms with Crippen LogP contribution in [0.5, 0.6) is 0 Å². The molecule has 1 heterocycles. The Hall–Kier alpha value is -0.970. The molecule has 0 atom stereocenters. The largest absolute Gasteiger partial charge is 0.385 e. The smallest absolute Gasteiger partial charge is 0.0385 e. The van der Waals surface area contributed by atoms with Crippen LogP contribution in [0.15, 0.2) is 54.6 Å². The van der Waals surface area contributed by atoms with Crippen molar-refractivity contribution >= 4 is 42.9 Å². The van der Waals surface area contributed by atoms with E-state index in [9.17, 15) is 0 Å². The maximum Gasteiger partial charge on any atom is 0.0385 e. The van der Waals surface area contributed by atoms with Crippen LogP contribution in [0.3, 0.4) is 0 Å². The van der Waals surface area contributed by atoms with Crippen molar-refractivity contribution in [1.29, 1.82) is 0 Å². The summed E-state index contributed by atoms with van der Waals surface area (Å²) in [5, 5.41) is 7.15. The van der Waals surface area contributed by atoms with Crippen molar-refractivity contribution in [1.82, 2.24) is 10.2 Å². The minimum atomic E-state index is 0. The van der Waals surface area contributed by atoms with E-state index >= 15 is 0 Å². The van der Waals surface area contributed by atoms with Gasteiger partial charge in [0.25, 0.3) is 0 Å². The minimum absolute atomic E-state index is 0. The molecular weight excluding hydrogens is 377 g/mol. The molecule has 0 spiro atoms. The zero-order chi connectivity index (χ0) is 15.0. The fourth-order valence-electron chi connectivity index (χ4n) is 2.94. The summed E-state index contributed by atoms with van der Waals surface area (Å²) in [6, 6.07) is 19.4. The lowest BCUT2D eigenvalue weighted by Crippen LogP contribution is -2.32. The number of hydrogen-bond donors (Lipinski definition) is 2. The summed E-state index contributed by atoms with van der Waals surface area (Å²) in [7, 11) is 0. The molecule has 0 aliphatic carbocycles. The standard InChI is InChI=1S/C19H25N3.3ClH/c1-2-7-17(8-3-1)16-22-13-6-11-21-19-10-5-4-9-18(19)15-20-12-14-22;;;/h1-5,7-10,20-21H,6,11-16H2;3*1H. The molecule has 0 saturated carbocycles. The van der Waals surface area contributed by atoms with E-state index < -0.39 is 0 Å². The number of rotatable bonds is 2. The van der Waals surface area contributed by atoms with E-state index in [1.165, 1.54) is 23.2 Å². The van der Waals surface area contributed by atoms with E-state index in [0.717, 1.165) is 39.3 Å². The molecule has 0 saturated heterocycles. The molecule has 6 heteroatoms. The summed E-state index contributed by atoms with van der Waals surface area (Å²) in [4.78, 5) is 2.54. The van der Waals surface area contributed by atoms with Crippen molar-refractivity contribution in [2.45, 2.75) is 19.5 Å². The zero-order valence-electron chi connectivity index (χ0n) is 14.3. The maximum atomic E-state index is 3.58. The van der Waals surface area contributed by atoms with Crippen LogP contribution in [0.1, 0.15) is 17.5 Å². The summed E-state index contributed by atoms with van der Waals surface area (Å²) in [5.41, 5.74) is 4.03. The van der Waals surface area contributed by atoms with Crippen LogP contribution < -0.4 is 10.6 Å². The summed E-state index contributed by atoms with van der Waals surface area (Å²) >= 11 is 0. The third-order valence-corrected chi connectivity index (χ3v) is 4.15. The van der Waals surface area contributed by atoms with Crippen LogP contribution >= 0.6 is 37.2 Å². The van der Waals surface area contributed by atoms with Crippen molar-refractivity contribution in [2.24, 2.45) is 0 Å². The van der Waals surface area contributed by atoms with E-state index in [1.54, 1.807) is 0 Å². The highest BCUT2D eigenvalue weighted by molar-refractivity contribution is 5.86. The lowest BCUT2D eigenvalue weighted by molar-refractivity contribution is 0.264. The van der Waals surface area contributed by atoms with E-state index in [1.807, 2.05) is 0 Å². The number of halogens is 3. The van der Waals surface area contributed by atoms with E-state index in [-0.39, 0.29) is 37.2 Å². The lowest BCUT2D eigenvalue weighted by atomic mass is 10.1. The molecule has 0 unspecified atom stereocenters. The molecule has 2 aromatic rings. The molecule has 0 fully saturated rings. The van der Waals surface area contributed by atoms with Crippen molar-refractivity contribution in [2.75, 3.05) is 31.5 Å². The van der Waals surface area contributed by atoms with Gasteiger partial charge in [0.05, 0.1) is 0 Å². The van der Waals surface area contributed by atoms with E-state index in [2.05, 4.69) is 70.1 Å². The topological polar surface area (TPSA) is 27.3 Å². The molecule has 25 heavy (non-hydrogen) atoms. The predicted octanol–water partition coefficient (Wildman–Crippen LogP) is 4.36. The Bertz CT molecular complexity index is 550. The summed E-state index contributed by atoms with van der Waals surface area (Å²) in [5.74, 6) is 0. The average Bonchev–Trinajstić information content (AvgIpc) is 2.61. The average molecular weight is 405 g/mol. The highest BCUT2D eigenvalue weighted by atomic mass is 35.5. The van der Waals surface area contributed by atoms with Gasteiger partial charge in [-0.1, -0.05) is 48.5 Å². The van der Waals surface area contributed by atoms with Crippen molar-refractivity contribution in [3.05, 3.63) is 65.7 Å². The van der Waals surface area contributed by atoms with E-state index in [4.69, 9.17) is 0 Å². The highest BCUT2D eigenvalue weighted by Gasteiger charge is 2.08.